The van der Waals surface area contributed by atoms with E-state index in [0.29, 0.717) is 32.0 Å². The zero-order valence-corrected chi connectivity index (χ0v) is 19.0. The van der Waals surface area contributed by atoms with Crippen molar-refractivity contribution in [3.8, 4) is 5.75 Å². The standard InChI is InChI=1S/C22H28N4O2.HI/c1-2-23-22(26-16-19-14-18-10-6-7-11-20(18)28-19)24-13-12-21(27)25-15-17-8-4-3-5-9-17;/h3-11,19H,2,12-16H2,1H3,(H,25,27)(H2,23,24,26);1H. The minimum atomic E-state index is 0. The van der Waals surface area contributed by atoms with Gasteiger partial charge in [-0.3, -0.25) is 4.79 Å². The van der Waals surface area contributed by atoms with Gasteiger partial charge < -0.3 is 20.7 Å². The Hall–Kier alpha value is -2.29. The van der Waals surface area contributed by atoms with Gasteiger partial charge in [-0.05, 0) is 24.1 Å². The summed E-state index contributed by atoms with van der Waals surface area (Å²) in [5.74, 6) is 1.68. The smallest absolute Gasteiger partial charge is 0.222 e. The average Bonchev–Trinajstić information content (AvgIpc) is 3.14. The highest BCUT2D eigenvalue weighted by Crippen LogP contribution is 2.28. The number of aliphatic imine (C=N–C) groups is 1. The number of amides is 1. The van der Waals surface area contributed by atoms with Crippen LogP contribution in [0.4, 0.5) is 0 Å². The highest BCUT2D eigenvalue weighted by Gasteiger charge is 2.21. The lowest BCUT2D eigenvalue weighted by Crippen LogP contribution is -2.40. The van der Waals surface area contributed by atoms with E-state index in [-0.39, 0.29) is 36.0 Å². The van der Waals surface area contributed by atoms with Crippen LogP contribution in [-0.4, -0.2) is 37.6 Å². The number of para-hydroxylation sites is 1. The molecule has 1 amide bonds. The van der Waals surface area contributed by atoms with E-state index in [4.69, 9.17) is 4.74 Å². The molecular formula is C22H29IN4O2. The van der Waals surface area contributed by atoms with E-state index < -0.39 is 0 Å². The summed E-state index contributed by atoms with van der Waals surface area (Å²) in [7, 11) is 0. The predicted octanol–water partition coefficient (Wildman–Crippen LogP) is 2.87. The maximum Gasteiger partial charge on any atom is 0.222 e. The lowest BCUT2D eigenvalue weighted by Gasteiger charge is -2.13. The Kier molecular flexibility index (Phi) is 9.76. The molecule has 6 nitrogen and oxygen atoms in total. The van der Waals surface area contributed by atoms with Gasteiger partial charge in [0.2, 0.25) is 5.91 Å². The van der Waals surface area contributed by atoms with Gasteiger partial charge in [0.1, 0.15) is 11.9 Å². The lowest BCUT2D eigenvalue weighted by atomic mass is 10.1. The summed E-state index contributed by atoms with van der Waals surface area (Å²) in [5.41, 5.74) is 2.33. The summed E-state index contributed by atoms with van der Waals surface area (Å²) >= 11 is 0. The number of guanidine groups is 1. The van der Waals surface area contributed by atoms with Crippen molar-refractivity contribution in [2.75, 3.05) is 19.6 Å². The first-order valence-corrected chi connectivity index (χ1v) is 9.82. The van der Waals surface area contributed by atoms with Gasteiger partial charge in [-0.15, -0.1) is 24.0 Å². The number of nitrogens with zero attached hydrogens (tertiary/aromatic N) is 1. The van der Waals surface area contributed by atoms with Crippen molar-refractivity contribution in [2.45, 2.75) is 32.4 Å². The van der Waals surface area contributed by atoms with Crippen LogP contribution in [0.1, 0.15) is 24.5 Å². The third kappa shape index (κ3) is 7.56. The number of nitrogens with one attached hydrogen (secondary N) is 3. The number of carbonyl (C=O) groups excluding carboxylic acids is 1. The largest absolute Gasteiger partial charge is 0.488 e. The number of fused-ring (bicyclic) bond motifs is 1. The average molecular weight is 508 g/mol. The Morgan fingerprint density at radius 2 is 1.83 bits per heavy atom. The molecule has 0 saturated heterocycles. The number of carbonyl (C=O) groups is 1. The van der Waals surface area contributed by atoms with Crippen LogP contribution < -0.4 is 20.7 Å². The molecule has 3 N–H and O–H groups in total. The molecule has 7 heteroatoms. The molecule has 0 radical (unpaired) electrons. The normalized spacial score (nSPS) is 14.9. The second-order valence-electron chi connectivity index (χ2n) is 6.71. The first-order valence-electron chi connectivity index (χ1n) is 9.82. The molecule has 0 saturated carbocycles. The van der Waals surface area contributed by atoms with Crippen LogP contribution in [0.3, 0.4) is 0 Å². The summed E-state index contributed by atoms with van der Waals surface area (Å²) in [6.07, 6.45) is 1.32. The van der Waals surface area contributed by atoms with Crippen LogP contribution in [0.15, 0.2) is 59.6 Å². The fourth-order valence-corrected chi connectivity index (χ4v) is 3.07. The Bertz CT molecular complexity index is 773. The van der Waals surface area contributed by atoms with Crippen molar-refractivity contribution in [3.63, 3.8) is 0 Å². The molecule has 0 aromatic heterocycles. The highest BCUT2D eigenvalue weighted by molar-refractivity contribution is 14.0. The molecule has 0 bridgehead atoms. The molecule has 0 spiro atoms. The minimum Gasteiger partial charge on any atom is -0.488 e. The second-order valence-corrected chi connectivity index (χ2v) is 6.71. The molecule has 0 fully saturated rings. The fraction of sp³-hybridized carbons (Fsp3) is 0.364. The van der Waals surface area contributed by atoms with Gasteiger partial charge in [0.05, 0.1) is 6.54 Å². The predicted molar refractivity (Wildman–Crippen MR) is 127 cm³/mol. The van der Waals surface area contributed by atoms with Crippen molar-refractivity contribution in [2.24, 2.45) is 4.99 Å². The molecule has 2 aromatic rings. The first-order chi connectivity index (χ1) is 13.7. The number of halogens is 1. The number of hydrogen-bond acceptors (Lipinski definition) is 3. The molecule has 1 unspecified atom stereocenters. The number of ether oxygens (including phenoxy) is 1. The Balaban J connectivity index is 0.00000300. The van der Waals surface area contributed by atoms with Crippen LogP contribution >= 0.6 is 24.0 Å². The summed E-state index contributed by atoms with van der Waals surface area (Å²) in [6.45, 7) is 4.43. The van der Waals surface area contributed by atoms with Gasteiger partial charge in [0.25, 0.3) is 0 Å². The molecule has 0 aliphatic carbocycles. The molecule has 1 aliphatic rings. The van der Waals surface area contributed by atoms with Gasteiger partial charge in [-0.1, -0.05) is 48.5 Å². The van der Waals surface area contributed by atoms with Crippen LogP contribution in [0.25, 0.3) is 0 Å². The van der Waals surface area contributed by atoms with Crippen molar-refractivity contribution in [1.29, 1.82) is 0 Å². The van der Waals surface area contributed by atoms with Crippen molar-refractivity contribution in [3.05, 3.63) is 65.7 Å². The Morgan fingerprint density at radius 1 is 1.07 bits per heavy atom. The molecule has 2 aromatic carbocycles. The van der Waals surface area contributed by atoms with Crippen molar-refractivity contribution in [1.82, 2.24) is 16.0 Å². The van der Waals surface area contributed by atoms with Gasteiger partial charge in [-0.2, -0.15) is 0 Å². The van der Waals surface area contributed by atoms with Crippen LogP contribution in [0, 0.1) is 0 Å². The second kappa shape index (κ2) is 12.3. The van der Waals surface area contributed by atoms with Gasteiger partial charge in [0, 0.05) is 32.5 Å². The Morgan fingerprint density at radius 3 is 2.59 bits per heavy atom. The molecule has 1 heterocycles. The SMILES string of the molecule is CCNC(=NCC1Cc2ccccc2O1)NCCC(=O)NCc1ccccc1.I. The summed E-state index contributed by atoms with van der Waals surface area (Å²) < 4.78 is 5.93. The van der Waals surface area contributed by atoms with Gasteiger partial charge >= 0.3 is 0 Å². The summed E-state index contributed by atoms with van der Waals surface area (Å²) in [6, 6.07) is 18.0. The maximum atomic E-state index is 12.0. The third-order valence-corrected chi connectivity index (χ3v) is 4.49. The maximum absolute atomic E-state index is 12.0. The summed E-state index contributed by atoms with van der Waals surface area (Å²) in [4.78, 5) is 16.6. The monoisotopic (exact) mass is 508 g/mol. The zero-order chi connectivity index (χ0) is 19.6. The van der Waals surface area contributed by atoms with E-state index in [0.717, 1.165) is 24.3 Å². The van der Waals surface area contributed by atoms with Crippen LogP contribution in [-0.2, 0) is 17.8 Å². The number of hydrogen-bond donors (Lipinski definition) is 3. The van der Waals surface area contributed by atoms with E-state index in [1.807, 2.05) is 55.5 Å². The molecule has 156 valence electrons. The molecular weight excluding hydrogens is 479 g/mol. The summed E-state index contributed by atoms with van der Waals surface area (Å²) in [5, 5.41) is 9.36. The first kappa shape index (κ1) is 23.0. The number of rotatable bonds is 8. The van der Waals surface area contributed by atoms with Gasteiger partial charge in [-0.25, -0.2) is 4.99 Å². The Labute approximate surface area is 189 Å². The van der Waals surface area contributed by atoms with Gasteiger partial charge in [0.15, 0.2) is 5.96 Å². The molecule has 29 heavy (non-hydrogen) atoms. The zero-order valence-electron chi connectivity index (χ0n) is 16.7. The van der Waals surface area contributed by atoms with E-state index in [1.54, 1.807) is 0 Å². The lowest BCUT2D eigenvalue weighted by molar-refractivity contribution is -0.121. The van der Waals surface area contributed by atoms with Crippen LogP contribution in [0.2, 0.25) is 0 Å². The minimum absolute atomic E-state index is 0. The van der Waals surface area contributed by atoms with E-state index in [9.17, 15) is 4.79 Å². The topological polar surface area (TPSA) is 74.8 Å². The van der Waals surface area contributed by atoms with Crippen LogP contribution in [0.5, 0.6) is 5.75 Å². The molecule has 1 atom stereocenters. The van der Waals surface area contributed by atoms with Crippen molar-refractivity contribution >= 4 is 35.8 Å². The third-order valence-electron chi connectivity index (χ3n) is 4.49. The molecule has 3 rings (SSSR count). The fourth-order valence-electron chi connectivity index (χ4n) is 3.07. The van der Waals surface area contributed by atoms with E-state index in [2.05, 4.69) is 27.0 Å². The highest BCUT2D eigenvalue weighted by atomic mass is 127. The van der Waals surface area contributed by atoms with Crippen molar-refractivity contribution < 1.29 is 9.53 Å². The van der Waals surface area contributed by atoms with E-state index >= 15 is 0 Å². The molecule has 1 aliphatic heterocycles. The van der Waals surface area contributed by atoms with E-state index in [1.165, 1.54) is 5.56 Å². The number of benzene rings is 2. The quantitative estimate of drug-likeness (QED) is 0.291.